The average Bonchev–Trinajstić information content (AvgIpc) is 3.31. The minimum Gasteiger partial charge on any atom is -0.394 e. The molecule has 0 aromatic rings. The molecule has 11 nitrogen and oxygen atoms in total. The molecule has 65 heavy (non-hydrogen) atoms. The standard InChI is InChI=1S/C54H101NO10/c1-3-5-7-9-11-13-14-15-16-17-18-19-20-21-22-23-24-25-26-27-28-29-30-31-32-34-36-38-40-42-47(58)53(63)55-45(44-64-54-52(62)51(61)50(60)48(43-56)65-54)49(59)46(57)41-39-37-35-33-12-10-8-6-4-2/h6,8,21-22,33,35,45-52,54,56-62H,3-5,7,9-20,23-32,34,36-44H2,1-2H3,(H,55,63)/b8-6+,22-21-,35-33+. The van der Waals surface area contributed by atoms with Gasteiger partial charge in [0.05, 0.1) is 25.4 Å². The van der Waals surface area contributed by atoms with Gasteiger partial charge in [0.2, 0.25) is 5.91 Å². The van der Waals surface area contributed by atoms with Crippen LogP contribution in [0.1, 0.15) is 232 Å². The molecule has 1 heterocycles. The zero-order valence-corrected chi connectivity index (χ0v) is 41.5. The number of allylic oxidation sites excluding steroid dienone is 6. The first-order valence-corrected chi connectivity index (χ1v) is 26.9. The van der Waals surface area contributed by atoms with E-state index < -0.39 is 74.2 Å². The first kappa shape index (κ1) is 61.3. The van der Waals surface area contributed by atoms with Crippen LogP contribution in [0.15, 0.2) is 36.5 Å². The Bertz CT molecular complexity index is 1150. The number of carbonyl (C=O) groups is 1. The monoisotopic (exact) mass is 924 g/mol. The average molecular weight is 924 g/mol. The summed E-state index contributed by atoms with van der Waals surface area (Å²) in [5.74, 6) is -0.712. The number of hydrogen-bond acceptors (Lipinski definition) is 10. The Labute approximate surface area is 397 Å². The maximum absolute atomic E-state index is 13.1. The van der Waals surface area contributed by atoms with Crippen molar-refractivity contribution in [2.24, 2.45) is 0 Å². The van der Waals surface area contributed by atoms with E-state index in [0.29, 0.717) is 19.3 Å². The van der Waals surface area contributed by atoms with Gasteiger partial charge in [-0.3, -0.25) is 4.79 Å². The molecule has 382 valence electrons. The van der Waals surface area contributed by atoms with Gasteiger partial charge in [0.1, 0.15) is 36.6 Å². The number of amides is 1. The van der Waals surface area contributed by atoms with E-state index in [0.717, 1.165) is 38.5 Å². The van der Waals surface area contributed by atoms with Crippen LogP contribution in [0, 0.1) is 0 Å². The molecule has 1 aliphatic rings. The summed E-state index contributed by atoms with van der Waals surface area (Å²) in [4.78, 5) is 13.1. The second-order valence-electron chi connectivity index (χ2n) is 18.9. The molecule has 0 aliphatic carbocycles. The van der Waals surface area contributed by atoms with Crippen LogP contribution in [0.3, 0.4) is 0 Å². The highest BCUT2D eigenvalue weighted by Gasteiger charge is 2.44. The summed E-state index contributed by atoms with van der Waals surface area (Å²) >= 11 is 0. The zero-order chi connectivity index (χ0) is 47.6. The van der Waals surface area contributed by atoms with E-state index >= 15 is 0 Å². The molecule has 11 heteroatoms. The van der Waals surface area contributed by atoms with Gasteiger partial charge in [0.25, 0.3) is 0 Å². The van der Waals surface area contributed by atoms with Crippen LogP contribution in [0.2, 0.25) is 0 Å². The SMILES string of the molecule is CC/C=C/CC/C=C/CCCC(O)C(O)C(COC1OC(CO)C(O)C(O)C1O)NC(=O)C(O)CCCCCCCCCCCCCCC/C=C\CCCCCCCCCCCCCC. The van der Waals surface area contributed by atoms with Gasteiger partial charge in [-0.05, 0) is 70.6 Å². The fourth-order valence-electron chi connectivity index (χ4n) is 8.52. The van der Waals surface area contributed by atoms with Crippen molar-refractivity contribution < 1.29 is 50.0 Å². The lowest BCUT2D eigenvalue weighted by atomic mass is 9.98. The van der Waals surface area contributed by atoms with Gasteiger partial charge >= 0.3 is 0 Å². The number of carbonyl (C=O) groups excluding carboxylic acids is 1. The summed E-state index contributed by atoms with van der Waals surface area (Å²) in [5, 5.41) is 75.6. The van der Waals surface area contributed by atoms with Gasteiger partial charge in [-0.15, -0.1) is 0 Å². The topological polar surface area (TPSA) is 189 Å². The molecule has 8 N–H and O–H groups in total. The number of aliphatic hydroxyl groups is 7. The summed E-state index contributed by atoms with van der Waals surface area (Å²) in [6.45, 7) is 3.30. The van der Waals surface area contributed by atoms with E-state index in [4.69, 9.17) is 9.47 Å². The van der Waals surface area contributed by atoms with E-state index in [-0.39, 0.29) is 12.8 Å². The molecule has 0 aromatic carbocycles. The quantitative estimate of drug-likeness (QED) is 0.0216. The molecule has 0 radical (unpaired) electrons. The van der Waals surface area contributed by atoms with E-state index in [9.17, 15) is 40.5 Å². The van der Waals surface area contributed by atoms with Crippen molar-refractivity contribution in [3.05, 3.63) is 36.5 Å². The van der Waals surface area contributed by atoms with E-state index in [1.165, 1.54) is 148 Å². The Morgan fingerprint density at radius 1 is 0.538 bits per heavy atom. The highest BCUT2D eigenvalue weighted by Crippen LogP contribution is 2.23. The summed E-state index contributed by atoms with van der Waals surface area (Å²) < 4.78 is 11.1. The van der Waals surface area contributed by atoms with Gasteiger partial charge in [0.15, 0.2) is 6.29 Å². The van der Waals surface area contributed by atoms with Crippen molar-refractivity contribution in [2.45, 2.75) is 287 Å². The summed E-state index contributed by atoms with van der Waals surface area (Å²) in [6, 6.07) is -1.19. The lowest BCUT2D eigenvalue weighted by molar-refractivity contribution is -0.303. The molecule has 0 spiro atoms. The second kappa shape index (κ2) is 43.6. The normalized spacial score (nSPS) is 21.2. The maximum atomic E-state index is 13.1. The fourth-order valence-corrected chi connectivity index (χ4v) is 8.52. The van der Waals surface area contributed by atoms with Crippen LogP contribution in [0.25, 0.3) is 0 Å². The third-order valence-corrected chi connectivity index (χ3v) is 12.9. The van der Waals surface area contributed by atoms with E-state index in [1.54, 1.807) is 0 Å². The van der Waals surface area contributed by atoms with Crippen LogP contribution in [0.4, 0.5) is 0 Å². The predicted molar refractivity (Wildman–Crippen MR) is 265 cm³/mol. The Morgan fingerprint density at radius 3 is 1.45 bits per heavy atom. The van der Waals surface area contributed by atoms with E-state index in [1.807, 2.05) is 6.08 Å². The van der Waals surface area contributed by atoms with Crippen LogP contribution in [-0.2, 0) is 14.3 Å². The fraction of sp³-hybridized carbons (Fsp3) is 0.870. The first-order chi connectivity index (χ1) is 31.7. The van der Waals surface area contributed by atoms with Crippen LogP contribution in [-0.4, -0.2) is 110 Å². The molecular formula is C54H101NO10. The third kappa shape index (κ3) is 32.7. The molecule has 1 saturated heterocycles. The van der Waals surface area contributed by atoms with Crippen molar-refractivity contribution in [1.29, 1.82) is 0 Å². The van der Waals surface area contributed by atoms with Gasteiger partial charge in [-0.2, -0.15) is 0 Å². The number of nitrogens with one attached hydrogen (secondary N) is 1. The Morgan fingerprint density at radius 2 is 0.969 bits per heavy atom. The van der Waals surface area contributed by atoms with Crippen molar-refractivity contribution in [3.63, 3.8) is 0 Å². The molecule has 1 fully saturated rings. The summed E-state index contributed by atoms with van der Waals surface area (Å²) in [6.07, 6.45) is 41.1. The number of ether oxygens (including phenoxy) is 2. The molecule has 1 amide bonds. The highest BCUT2D eigenvalue weighted by molar-refractivity contribution is 5.80. The summed E-state index contributed by atoms with van der Waals surface area (Å²) in [5.41, 5.74) is 0. The van der Waals surface area contributed by atoms with Crippen LogP contribution < -0.4 is 5.32 Å². The maximum Gasteiger partial charge on any atom is 0.249 e. The lowest BCUT2D eigenvalue weighted by Gasteiger charge is -2.40. The third-order valence-electron chi connectivity index (χ3n) is 12.9. The first-order valence-electron chi connectivity index (χ1n) is 26.9. The zero-order valence-electron chi connectivity index (χ0n) is 41.5. The van der Waals surface area contributed by atoms with Crippen molar-refractivity contribution in [3.8, 4) is 0 Å². The number of unbranched alkanes of at least 4 members (excludes halogenated alkanes) is 27. The number of hydrogen-bond donors (Lipinski definition) is 8. The van der Waals surface area contributed by atoms with Crippen LogP contribution in [0.5, 0.6) is 0 Å². The Hall–Kier alpha value is -1.67. The molecular weight excluding hydrogens is 823 g/mol. The van der Waals surface area contributed by atoms with Crippen LogP contribution >= 0.6 is 0 Å². The van der Waals surface area contributed by atoms with Gasteiger partial charge < -0.3 is 50.5 Å². The molecule has 1 rings (SSSR count). The molecule has 9 unspecified atom stereocenters. The van der Waals surface area contributed by atoms with E-state index in [2.05, 4.69) is 49.5 Å². The van der Waals surface area contributed by atoms with Gasteiger partial charge in [0, 0.05) is 0 Å². The van der Waals surface area contributed by atoms with Crippen molar-refractivity contribution in [2.75, 3.05) is 13.2 Å². The number of aliphatic hydroxyl groups excluding tert-OH is 7. The molecule has 9 atom stereocenters. The van der Waals surface area contributed by atoms with Crippen molar-refractivity contribution in [1.82, 2.24) is 5.32 Å². The minimum atomic E-state index is -1.67. The Kier molecular flexibility index (Phi) is 41.1. The lowest BCUT2D eigenvalue weighted by Crippen LogP contribution is -2.60. The molecule has 0 bridgehead atoms. The minimum absolute atomic E-state index is 0.244. The predicted octanol–water partition coefficient (Wildman–Crippen LogP) is 10.3. The highest BCUT2D eigenvalue weighted by atomic mass is 16.7. The second-order valence-corrected chi connectivity index (χ2v) is 18.9. The Balaban J connectivity index is 2.21. The van der Waals surface area contributed by atoms with Crippen molar-refractivity contribution >= 4 is 5.91 Å². The molecule has 0 aromatic heterocycles. The molecule has 0 saturated carbocycles. The largest absolute Gasteiger partial charge is 0.394 e. The smallest absolute Gasteiger partial charge is 0.249 e. The summed E-state index contributed by atoms with van der Waals surface area (Å²) in [7, 11) is 0. The number of rotatable bonds is 45. The van der Waals surface area contributed by atoms with Gasteiger partial charge in [-0.1, -0.05) is 198 Å². The molecule has 1 aliphatic heterocycles. The van der Waals surface area contributed by atoms with Gasteiger partial charge in [-0.25, -0.2) is 0 Å².